The van der Waals surface area contributed by atoms with E-state index in [2.05, 4.69) is 5.32 Å². The van der Waals surface area contributed by atoms with E-state index in [4.69, 9.17) is 13.9 Å². The number of nitrogens with one attached hydrogen (secondary N) is 1. The number of fused-ring (bicyclic) bond motifs is 2. The number of carbonyl (C=O) groups is 2. The van der Waals surface area contributed by atoms with Crippen LogP contribution >= 0.6 is 0 Å². The van der Waals surface area contributed by atoms with Crippen LogP contribution in [0.3, 0.4) is 0 Å². The molecule has 0 spiro atoms. The first-order chi connectivity index (χ1) is 14.1. The summed E-state index contributed by atoms with van der Waals surface area (Å²) in [6.07, 6.45) is -0.484. The van der Waals surface area contributed by atoms with Crippen LogP contribution in [0.4, 0.5) is 4.79 Å². The highest BCUT2D eigenvalue weighted by Crippen LogP contribution is 2.30. The molecule has 2 N–H and O–H groups in total. The van der Waals surface area contributed by atoms with Gasteiger partial charge in [0.05, 0.1) is 5.39 Å². The molecule has 0 bridgehead atoms. The number of benzene rings is 2. The number of esters is 1. The number of hydrogen-bond donors (Lipinski definition) is 2. The van der Waals surface area contributed by atoms with Gasteiger partial charge in [-0.2, -0.15) is 0 Å². The molecule has 30 heavy (non-hydrogen) atoms. The second-order valence-corrected chi connectivity index (χ2v) is 7.77. The number of para-hydroxylation sites is 1. The third-order valence-electron chi connectivity index (χ3n) is 4.24. The molecule has 1 unspecified atom stereocenters. The molecule has 1 atom stereocenters. The van der Waals surface area contributed by atoms with Crippen LogP contribution in [0.1, 0.15) is 34.1 Å². The third-order valence-corrected chi connectivity index (χ3v) is 4.24. The lowest BCUT2D eigenvalue weighted by atomic mass is 10.1. The monoisotopic (exact) mass is 413 g/mol. The average Bonchev–Trinajstić information content (AvgIpc) is 2.64. The molecule has 0 saturated carbocycles. The summed E-state index contributed by atoms with van der Waals surface area (Å²) in [5, 5.41) is 13.1. The molecule has 2 aromatic carbocycles. The molecule has 0 radical (unpaired) electrons. The maximum Gasteiger partial charge on any atom is 0.408 e. The number of phenols is 1. The number of phenolic OH excluding ortho intramolecular Hbond substituents is 1. The van der Waals surface area contributed by atoms with E-state index < -0.39 is 23.7 Å². The summed E-state index contributed by atoms with van der Waals surface area (Å²) >= 11 is 0. The quantitative estimate of drug-likeness (QED) is 0.379. The fraction of sp³-hybridized carbons (Fsp3) is 0.318. The van der Waals surface area contributed by atoms with E-state index in [1.54, 1.807) is 52.0 Å². The van der Waals surface area contributed by atoms with Crippen LogP contribution in [0.15, 0.2) is 45.6 Å². The van der Waals surface area contributed by atoms with Gasteiger partial charge in [-0.25, -0.2) is 9.59 Å². The van der Waals surface area contributed by atoms with Crippen LogP contribution in [-0.4, -0.2) is 28.8 Å². The molecule has 3 rings (SSSR count). The zero-order valence-corrected chi connectivity index (χ0v) is 17.1. The highest BCUT2D eigenvalue weighted by atomic mass is 16.6. The van der Waals surface area contributed by atoms with Crippen molar-refractivity contribution in [2.24, 2.45) is 0 Å². The summed E-state index contributed by atoms with van der Waals surface area (Å²) in [5.74, 6) is -1.14. The zero-order chi connectivity index (χ0) is 22.1. The second kappa shape index (κ2) is 8.06. The summed E-state index contributed by atoms with van der Waals surface area (Å²) in [6, 6.07) is 8.19. The van der Waals surface area contributed by atoms with Crippen molar-refractivity contribution in [2.75, 3.05) is 0 Å². The van der Waals surface area contributed by atoms with E-state index in [9.17, 15) is 19.5 Å². The third kappa shape index (κ3) is 4.53. The Morgan fingerprint density at radius 3 is 2.53 bits per heavy atom. The average molecular weight is 413 g/mol. The molecule has 0 fully saturated rings. The van der Waals surface area contributed by atoms with Gasteiger partial charge in [0.25, 0.3) is 0 Å². The van der Waals surface area contributed by atoms with Crippen LogP contribution in [0.5, 0.6) is 11.5 Å². The minimum absolute atomic E-state index is 0.00702. The molecule has 3 aromatic rings. The number of carbonyl (C=O) groups excluding carboxylic acids is 2. The molecule has 8 heteroatoms. The van der Waals surface area contributed by atoms with E-state index in [1.807, 2.05) is 0 Å². The van der Waals surface area contributed by atoms with E-state index in [0.717, 1.165) is 6.07 Å². The van der Waals surface area contributed by atoms with E-state index in [1.165, 1.54) is 6.07 Å². The van der Waals surface area contributed by atoms with Crippen LogP contribution in [0.2, 0.25) is 0 Å². The molecule has 0 aliphatic rings. The Hall–Kier alpha value is -3.55. The molecule has 0 aliphatic carbocycles. The fourth-order valence-corrected chi connectivity index (χ4v) is 2.90. The van der Waals surface area contributed by atoms with Crippen LogP contribution < -0.4 is 15.5 Å². The first-order valence-electron chi connectivity index (χ1n) is 9.49. The molecular formula is C22H23NO7. The van der Waals surface area contributed by atoms with Gasteiger partial charge in [0.1, 0.15) is 39.7 Å². The summed E-state index contributed by atoms with van der Waals surface area (Å²) in [4.78, 5) is 37.1. The second-order valence-electron chi connectivity index (χ2n) is 7.77. The Bertz CT molecular complexity index is 1170. The van der Waals surface area contributed by atoms with Crippen molar-refractivity contribution >= 4 is 34.0 Å². The molecule has 0 aliphatic heterocycles. The van der Waals surface area contributed by atoms with Crippen molar-refractivity contribution in [2.45, 2.75) is 45.8 Å². The van der Waals surface area contributed by atoms with E-state index in [-0.39, 0.29) is 34.3 Å². The Balaban J connectivity index is 1.87. The molecule has 1 aromatic heterocycles. The van der Waals surface area contributed by atoms with Crippen LogP contribution in [0, 0.1) is 0 Å². The smallest absolute Gasteiger partial charge is 0.408 e. The lowest BCUT2D eigenvalue weighted by molar-refractivity contribution is -0.136. The summed E-state index contributed by atoms with van der Waals surface area (Å²) in [6.45, 7) is 6.83. The normalized spacial score (nSPS) is 12.5. The van der Waals surface area contributed by atoms with E-state index in [0.29, 0.717) is 11.0 Å². The Labute approximate surface area is 172 Å². The minimum atomic E-state index is -0.957. The highest BCUT2D eigenvalue weighted by Gasteiger charge is 2.25. The van der Waals surface area contributed by atoms with Crippen LogP contribution in [-0.2, 0) is 9.53 Å². The summed E-state index contributed by atoms with van der Waals surface area (Å²) < 4.78 is 16.2. The standard InChI is InChI=1S/C22H23NO7/c1-5-14(23-21(27)30-22(2,3)4)20(26)28-12-10-15(24)18-17(11-12)29-16-9-7-6-8-13(16)19(18)25/h6-11,14,24H,5H2,1-4H3,(H,23,27). The van der Waals surface area contributed by atoms with Crippen LogP contribution in [0.25, 0.3) is 21.9 Å². The molecular weight excluding hydrogens is 390 g/mol. The van der Waals surface area contributed by atoms with E-state index >= 15 is 0 Å². The number of amides is 1. The number of aromatic hydroxyl groups is 1. The topological polar surface area (TPSA) is 115 Å². The number of ether oxygens (including phenoxy) is 2. The van der Waals surface area contributed by atoms with Crippen molar-refractivity contribution in [3.8, 4) is 11.5 Å². The summed E-state index contributed by atoms with van der Waals surface area (Å²) in [7, 11) is 0. The van der Waals surface area contributed by atoms with Gasteiger partial charge >= 0.3 is 12.1 Å². The van der Waals surface area contributed by atoms with Gasteiger partial charge in [0.2, 0.25) is 5.43 Å². The van der Waals surface area contributed by atoms with Gasteiger partial charge < -0.3 is 24.3 Å². The SMILES string of the molecule is CCC(NC(=O)OC(C)(C)C)C(=O)Oc1cc(O)c2c(=O)c3ccccc3oc2c1. The van der Waals surface area contributed by atoms with Gasteiger partial charge in [-0.3, -0.25) is 4.79 Å². The van der Waals surface area contributed by atoms with Crippen molar-refractivity contribution in [1.29, 1.82) is 0 Å². The predicted octanol–water partition coefficient (Wildman–Crippen LogP) is 3.86. The lowest BCUT2D eigenvalue weighted by Crippen LogP contribution is -2.44. The van der Waals surface area contributed by atoms with Crippen molar-refractivity contribution in [3.05, 3.63) is 46.6 Å². The Kier molecular flexibility index (Phi) is 5.69. The predicted molar refractivity (Wildman–Crippen MR) is 111 cm³/mol. The molecule has 1 heterocycles. The van der Waals surface area contributed by atoms with Crippen molar-refractivity contribution in [1.82, 2.24) is 5.32 Å². The van der Waals surface area contributed by atoms with Crippen molar-refractivity contribution < 1.29 is 28.6 Å². The van der Waals surface area contributed by atoms with Gasteiger partial charge in [0.15, 0.2) is 0 Å². The lowest BCUT2D eigenvalue weighted by Gasteiger charge is -2.22. The Morgan fingerprint density at radius 1 is 1.17 bits per heavy atom. The van der Waals surface area contributed by atoms with Crippen molar-refractivity contribution in [3.63, 3.8) is 0 Å². The minimum Gasteiger partial charge on any atom is -0.507 e. The summed E-state index contributed by atoms with van der Waals surface area (Å²) in [5.41, 5.74) is -0.678. The van der Waals surface area contributed by atoms with Gasteiger partial charge in [-0.15, -0.1) is 0 Å². The zero-order valence-electron chi connectivity index (χ0n) is 17.1. The maximum atomic E-state index is 12.6. The number of hydrogen-bond acceptors (Lipinski definition) is 7. The van der Waals surface area contributed by atoms with Gasteiger partial charge in [0, 0.05) is 12.1 Å². The number of rotatable bonds is 4. The highest BCUT2D eigenvalue weighted by molar-refractivity contribution is 5.94. The first kappa shape index (κ1) is 21.2. The first-order valence-corrected chi connectivity index (χ1v) is 9.49. The number of alkyl carbamates (subject to hydrolysis) is 1. The molecule has 0 saturated heterocycles. The van der Waals surface area contributed by atoms with Gasteiger partial charge in [-0.1, -0.05) is 19.1 Å². The molecule has 1 amide bonds. The maximum absolute atomic E-state index is 12.6. The van der Waals surface area contributed by atoms with Gasteiger partial charge in [-0.05, 0) is 39.3 Å². The molecule has 8 nitrogen and oxygen atoms in total. The Morgan fingerprint density at radius 2 is 1.87 bits per heavy atom. The fourth-order valence-electron chi connectivity index (χ4n) is 2.90. The molecule has 158 valence electrons. The largest absolute Gasteiger partial charge is 0.507 e.